The lowest BCUT2D eigenvalue weighted by Gasteiger charge is -2.38. The van der Waals surface area contributed by atoms with Crippen LogP contribution in [0.15, 0.2) is 12.2 Å². The minimum atomic E-state index is -0.482. The molecule has 1 aliphatic heterocycles. The van der Waals surface area contributed by atoms with E-state index >= 15 is 0 Å². The number of nitrogens with two attached hydrogens (primary N) is 1. The van der Waals surface area contributed by atoms with E-state index in [9.17, 15) is 4.79 Å². The highest BCUT2D eigenvalue weighted by Crippen LogP contribution is 2.50. The molecule has 0 aromatic rings. The van der Waals surface area contributed by atoms with Crippen molar-refractivity contribution >= 4 is 12.1 Å². The van der Waals surface area contributed by atoms with Crippen LogP contribution in [0.4, 0.5) is 0 Å². The zero-order valence-electron chi connectivity index (χ0n) is 12.3. The Bertz CT molecular complexity index is 453. The molecule has 0 bridgehead atoms. The van der Waals surface area contributed by atoms with E-state index in [1.165, 1.54) is 6.21 Å². The maximum Gasteiger partial charge on any atom is 0.241 e. The van der Waals surface area contributed by atoms with Gasteiger partial charge in [0, 0.05) is 17.7 Å². The van der Waals surface area contributed by atoms with Crippen molar-refractivity contribution in [2.45, 2.75) is 63.6 Å². The Balaban J connectivity index is 1.82. The monoisotopic (exact) mass is 275 g/mol. The van der Waals surface area contributed by atoms with Gasteiger partial charge in [0.15, 0.2) is 0 Å². The summed E-state index contributed by atoms with van der Waals surface area (Å²) in [5.74, 6) is 0.663. The summed E-state index contributed by atoms with van der Waals surface area (Å²) in [6.07, 6.45) is 7.69. The zero-order chi connectivity index (χ0) is 14.5. The van der Waals surface area contributed by atoms with Gasteiger partial charge in [0.05, 0.1) is 12.1 Å². The number of amides is 1. The summed E-state index contributed by atoms with van der Waals surface area (Å²) >= 11 is 0. The molecule has 4 nitrogen and oxygen atoms in total. The zero-order valence-corrected chi connectivity index (χ0v) is 12.3. The van der Waals surface area contributed by atoms with Crippen molar-refractivity contribution in [1.29, 1.82) is 5.41 Å². The number of nitrogens with zero attached hydrogens (tertiary/aromatic N) is 1. The number of carbonyl (C=O) groups excluding carboxylic acids is 1. The van der Waals surface area contributed by atoms with Crippen molar-refractivity contribution in [2.75, 3.05) is 0 Å². The van der Waals surface area contributed by atoms with Crippen molar-refractivity contribution in [3.63, 3.8) is 0 Å². The number of rotatable bonds is 4. The number of carbonyl (C=O) groups is 1. The van der Waals surface area contributed by atoms with E-state index in [-0.39, 0.29) is 17.4 Å². The molecule has 20 heavy (non-hydrogen) atoms. The van der Waals surface area contributed by atoms with Crippen molar-refractivity contribution in [3.05, 3.63) is 12.2 Å². The van der Waals surface area contributed by atoms with Crippen molar-refractivity contribution in [1.82, 2.24) is 4.90 Å². The molecule has 3 aliphatic rings. The molecule has 1 amide bonds. The highest BCUT2D eigenvalue weighted by Gasteiger charge is 2.56. The highest BCUT2D eigenvalue weighted by atomic mass is 16.2. The Morgan fingerprint density at radius 3 is 2.65 bits per heavy atom. The number of piperidine rings is 1. The Kier molecular flexibility index (Phi) is 3.24. The molecule has 3 rings (SSSR count). The average Bonchev–Trinajstić information content (AvgIpc) is 2.91. The first-order valence-corrected chi connectivity index (χ1v) is 7.75. The lowest BCUT2D eigenvalue weighted by atomic mass is 9.73. The van der Waals surface area contributed by atoms with Crippen LogP contribution in [0.1, 0.15) is 45.4 Å². The number of fused-ring (bicyclic) bond motifs is 1. The van der Waals surface area contributed by atoms with Crippen LogP contribution in [-0.2, 0) is 4.79 Å². The molecule has 3 fully saturated rings. The van der Waals surface area contributed by atoms with E-state index in [1.54, 1.807) is 0 Å². The van der Waals surface area contributed by atoms with E-state index in [0.29, 0.717) is 12.0 Å². The minimum absolute atomic E-state index is 0.0270. The van der Waals surface area contributed by atoms with Gasteiger partial charge < -0.3 is 16.0 Å². The lowest BCUT2D eigenvalue weighted by Crippen LogP contribution is -2.55. The second-order valence-corrected chi connectivity index (χ2v) is 6.90. The smallest absolute Gasteiger partial charge is 0.241 e. The fraction of sp³-hybridized carbons (Fsp3) is 0.750. The first-order chi connectivity index (χ1) is 9.51. The van der Waals surface area contributed by atoms with Crippen LogP contribution in [0.5, 0.6) is 0 Å². The fourth-order valence-corrected chi connectivity index (χ4v) is 4.38. The molecular weight excluding hydrogens is 250 g/mol. The van der Waals surface area contributed by atoms with Gasteiger partial charge in [0.1, 0.15) is 0 Å². The Hall–Kier alpha value is -1.16. The summed E-state index contributed by atoms with van der Waals surface area (Å²) < 4.78 is 0. The van der Waals surface area contributed by atoms with Crippen molar-refractivity contribution < 1.29 is 4.79 Å². The van der Waals surface area contributed by atoms with Crippen LogP contribution in [0.2, 0.25) is 0 Å². The molecule has 0 spiro atoms. The first-order valence-electron chi connectivity index (χ1n) is 7.75. The topological polar surface area (TPSA) is 70.2 Å². The van der Waals surface area contributed by atoms with Crippen LogP contribution in [0.3, 0.4) is 0 Å². The minimum Gasteiger partial charge on any atom is -0.330 e. The largest absolute Gasteiger partial charge is 0.330 e. The molecule has 2 aliphatic carbocycles. The van der Waals surface area contributed by atoms with Gasteiger partial charge in [-0.3, -0.25) is 4.79 Å². The molecule has 0 radical (unpaired) electrons. The molecule has 0 unspecified atom stereocenters. The average molecular weight is 275 g/mol. The second kappa shape index (κ2) is 4.69. The Labute approximate surface area is 120 Å². The summed E-state index contributed by atoms with van der Waals surface area (Å²) in [5, 5.41) is 7.54. The lowest BCUT2D eigenvalue weighted by molar-refractivity contribution is -0.135. The summed E-state index contributed by atoms with van der Waals surface area (Å²) in [7, 11) is 0. The molecule has 0 aromatic carbocycles. The number of likely N-dealkylation sites (tertiary alicyclic amines) is 1. The normalized spacial score (nSPS) is 35.5. The van der Waals surface area contributed by atoms with Gasteiger partial charge in [-0.1, -0.05) is 25.0 Å². The molecule has 110 valence electrons. The molecule has 4 atom stereocenters. The SMILES string of the molecule is C=C(C)C1([C@H](N)C(=O)N2[C@H](C=N)C[C@@H]3C[C@@H]32)CCCC1. The van der Waals surface area contributed by atoms with Crippen LogP contribution < -0.4 is 5.73 Å². The molecule has 4 heteroatoms. The van der Waals surface area contributed by atoms with Gasteiger partial charge in [-0.15, -0.1) is 0 Å². The fourth-order valence-electron chi connectivity index (χ4n) is 4.38. The number of hydrogen-bond acceptors (Lipinski definition) is 3. The third-order valence-electron chi connectivity index (χ3n) is 5.80. The van der Waals surface area contributed by atoms with Crippen LogP contribution in [0, 0.1) is 16.7 Å². The van der Waals surface area contributed by atoms with Gasteiger partial charge in [-0.05, 0) is 38.5 Å². The summed E-state index contributed by atoms with van der Waals surface area (Å²) in [5.41, 5.74) is 7.25. The number of nitrogens with one attached hydrogen (secondary N) is 1. The van der Waals surface area contributed by atoms with Gasteiger partial charge in [-0.25, -0.2) is 0 Å². The quantitative estimate of drug-likeness (QED) is 0.609. The van der Waals surface area contributed by atoms with E-state index in [4.69, 9.17) is 11.1 Å². The van der Waals surface area contributed by atoms with Crippen molar-refractivity contribution in [2.24, 2.45) is 17.1 Å². The summed E-state index contributed by atoms with van der Waals surface area (Å²) in [4.78, 5) is 14.8. The third-order valence-corrected chi connectivity index (χ3v) is 5.80. The molecular formula is C16H25N3O. The van der Waals surface area contributed by atoms with Gasteiger partial charge in [0.25, 0.3) is 0 Å². The van der Waals surface area contributed by atoms with Crippen LogP contribution in [0.25, 0.3) is 0 Å². The molecule has 0 aromatic heterocycles. The summed E-state index contributed by atoms with van der Waals surface area (Å²) in [6, 6.07) is -0.158. The standard InChI is InChI=1S/C16H25N3O/c1-10(2)16(5-3-4-6-16)14(18)15(20)19-12(9-17)7-11-8-13(11)19/h9,11-14,17H,1,3-8,18H2,2H3/t11-,12+,13+,14-/m1/s1. The Morgan fingerprint density at radius 1 is 1.45 bits per heavy atom. The van der Waals surface area contributed by atoms with Crippen LogP contribution in [-0.4, -0.2) is 35.1 Å². The van der Waals surface area contributed by atoms with Gasteiger partial charge in [0.2, 0.25) is 5.91 Å². The predicted octanol–water partition coefficient (Wildman–Crippen LogP) is 2.09. The maximum atomic E-state index is 12.9. The predicted molar refractivity (Wildman–Crippen MR) is 79.6 cm³/mol. The van der Waals surface area contributed by atoms with E-state index in [2.05, 4.69) is 6.58 Å². The maximum absolute atomic E-state index is 12.9. The van der Waals surface area contributed by atoms with E-state index in [1.807, 2.05) is 11.8 Å². The van der Waals surface area contributed by atoms with Crippen LogP contribution >= 0.6 is 0 Å². The van der Waals surface area contributed by atoms with E-state index < -0.39 is 6.04 Å². The Morgan fingerprint density at radius 2 is 2.10 bits per heavy atom. The molecule has 2 saturated carbocycles. The molecule has 1 heterocycles. The van der Waals surface area contributed by atoms with Gasteiger partial charge >= 0.3 is 0 Å². The van der Waals surface area contributed by atoms with Gasteiger partial charge in [-0.2, -0.15) is 0 Å². The van der Waals surface area contributed by atoms with Crippen molar-refractivity contribution in [3.8, 4) is 0 Å². The number of hydrogen-bond donors (Lipinski definition) is 2. The molecule has 1 saturated heterocycles. The second-order valence-electron chi connectivity index (χ2n) is 6.90. The first kappa shape index (κ1) is 13.8. The summed E-state index contributed by atoms with van der Waals surface area (Å²) in [6.45, 7) is 6.12. The highest BCUT2D eigenvalue weighted by molar-refractivity contribution is 5.87. The molecule has 3 N–H and O–H groups in total. The third kappa shape index (κ3) is 1.85. The van der Waals surface area contributed by atoms with E-state index in [0.717, 1.165) is 44.1 Å².